The molecular weight excluding hydrogens is 542 g/mol. The van der Waals surface area contributed by atoms with Crippen molar-refractivity contribution in [2.45, 2.75) is 31.8 Å². The second-order valence-electron chi connectivity index (χ2n) is 10.8. The third-order valence-electron chi connectivity index (χ3n) is 7.71. The predicted octanol–water partition coefficient (Wildman–Crippen LogP) is 6.63. The Kier molecular flexibility index (Phi) is 8.86. The molecule has 0 aliphatic heterocycles. The summed E-state index contributed by atoms with van der Waals surface area (Å²) in [6.07, 6.45) is 2.00. The van der Waals surface area contributed by atoms with Crippen molar-refractivity contribution in [2.24, 2.45) is 0 Å². The van der Waals surface area contributed by atoms with Gasteiger partial charge in [-0.1, -0.05) is 24.3 Å². The van der Waals surface area contributed by atoms with E-state index < -0.39 is 11.5 Å². The molecule has 0 saturated heterocycles. The fraction of sp³-hybridized carbons (Fsp3) is 0.314. The fourth-order valence-electron chi connectivity index (χ4n) is 5.75. The lowest BCUT2D eigenvalue weighted by atomic mass is 9.71. The van der Waals surface area contributed by atoms with Crippen molar-refractivity contribution in [2.75, 3.05) is 41.0 Å². The number of aromatic nitrogens is 1. The quantitative estimate of drug-likeness (QED) is 0.176. The molecule has 2 aromatic heterocycles. The normalized spacial score (nSPS) is 13.5. The summed E-state index contributed by atoms with van der Waals surface area (Å²) < 4.78 is 23.8. The van der Waals surface area contributed by atoms with Crippen LogP contribution < -0.4 is 14.2 Å². The SMILES string of the molecule is CCOc1cc([C@H](c2cc3cc(C#N)ccc3cc2OC)[C@@](O)(CCN(C)C)c2cccc3ccoc23)cc(OCC)n1. The lowest BCUT2D eigenvalue weighted by molar-refractivity contribution is 0.00442. The van der Waals surface area contributed by atoms with Gasteiger partial charge in [-0.05, 0) is 81.0 Å². The molecule has 0 radical (unpaired) electrons. The van der Waals surface area contributed by atoms with Gasteiger partial charge in [0.25, 0.3) is 0 Å². The average Bonchev–Trinajstić information content (AvgIpc) is 3.49. The maximum atomic E-state index is 13.3. The number of rotatable bonds is 12. The number of pyridine rings is 1. The van der Waals surface area contributed by atoms with Crippen molar-refractivity contribution < 1.29 is 23.7 Å². The largest absolute Gasteiger partial charge is 0.496 e. The second-order valence-corrected chi connectivity index (χ2v) is 10.8. The molecule has 0 fully saturated rings. The summed E-state index contributed by atoms with van der Waals surface area (Å²) in [6.45, 7) is 5.21. The molecule has 0 saturated carbocycles. The number of hydrogen-bond acceptors (Lipinski definition) is 8. The standard InChI is InChI=1S/C35H37N3O5/c1-6-41-31-20-27(21-32(37-31)42-7-2)33(28-18-26-17-23(22-36)11-12-25(26)19-30(28)40-5)35(39,14-15-38(3)4)29-10-8-9-24-13-16-43-34(24)29/h8-13,16-21,33,39H,6-7,14-15H2,1-5H3/t33-,35-/m1/s1. The van der Waals surface area contributed by atoms with Crippen LogP contribution in [0.15, 0.2) is 77.4 Å². The van der Waals surface area contributed by atoms with Crippen molar-refractivity contribution in [1.29, 1.82) is 5.26 Å². The number of ether oxygens (including phenoxy) is 3. The van der Waals surface area contributed by atoms with Gasteiger partial charge >= 0.3 is 0 Å². The number of para-hydroxylation sites is 1. The highest BCUT2D eigenvalue weighted by Gasteiger charge is 2.44. The van der Waals surface area contributed by atoms with Crippen LogP contribution in [0.4, 0.5) is 0 Å². The number of nitrogens with zero attached hydrogens (tertiary/aromatic N) is 3. The van der Waals surface area contributed by atoms with Gasteiger partial charge in [-0.2, -0.15) is 10.2 Å². The summed E-state index contributed by atoms with van der Waals surface area (Å²) in [4.78, 5) is 6.60. The topological polar surface area (TPSA) is 101 Å². The Labute approximate surface area is 252 Å². The van der Waals surface area contributed by atoms with E-state index in [-0.39, 0.29) is 0 Å². The second kappa shape index (κ2) is 12.7. The number of hydrogen-bond donors (Lipinski definition) is 1. The molecule has 3 aromatic carbocycles. The van der Waals surface area contributed by atoms with Crippen LogP contribution in [0.1, 0.15) is 48.4 Å². The van der Waals surface area contributed by atoms with E-state index >= 15 is 0 Å². The van der Waals surface area contributed by atoms with Crippen molar-refractivity contribution in [3.8, 4) is 23.6 Å². The van der Waals surface area contributed by atoms with Gasteiger partial charge in [0.2, 0.25) is 11.8 Å². The number of methoxy groups -OCH3 is 1. The molecular formula is C35H37N3O5. The minimum Gasteiger partial charge on any atom is -0.496 e. The van der Waals surface area contributed by atoms with Gasteiger partial charge in [0.05, 0.1) is 38.2 Å². The summed E-state index contributed by atoms with van der Waals surface area (Å²) in [5, 5.41) is 25.6. The third-order valence-corrected chi connectivity index (χ3v) is 7.71. The lowest BCUT2D eigenvalue weighted by Crippen LogP contribution is -2.38. The van der Waals surface area contributed by atoms with E-state index in [2.05, 4.69) is 11.1 Å². The molecule has 2 heterocycles. The van der Waals surface area contributed by atoms with Gasteiger partial charge < -0.3 is 28.6 Å². The van der Waals surface area contributed by atoms with Gasteiger partial charge in [-0.3, -0.25) is 0 Å². The van der Waals surface area contributed by atoms with E-state index in [0.717, 1.165) is 27.3 Å². The maximum Gasteiger partial charge on any atom is 0.216 e. The van der Waals surface area contributed by atoms with Crippen LogP contribution in [-0.2, 0) is 5.60 Å². The molecule has 0 amide bonds. The number of nitriles is 1. The summed E-state index contributed by atoms with van der Waals surface area (Å²) in [5.74, 6) is 0.705. The Hall–Kier alpha value is -4.58. The number of fused-ring (bicyclic) bond motifs is 2. The van der Waals surface area contributed by atoms with E-state index in [0.29, 0.717) is 60.4 Å². The monoisotopic (exact) mass is 579 g/mol. The van der Waals surface area contributed by atoms with Crippen molar-refractivity contribution >= 4 is 21.7 Å². The Bertz CT molecular complexity index is 1750. The van der Waals surface area contributed by atoms with Crippen molar-refractivity contribution in [3.05, 3.63) is 95.2 Å². The summed E-state index contributed by atoms with van der Waals surface area (Å²) in [6, 6.07) is 23.2. The molecule has 0 spiro atoms. The molecule has 0 aliphatic rings. The molecule has 2 atom stereocenters. The molecule has 43 heavy (non-hydrogen) atoms. The van der Waals surface area contributed by atoms with Gasteiger partial charge in [0.15, 0.2) is 0 Å². The third kappa shape index (κ3) is 6.00. The van der Waals surface area contributed by atoms with Gasteiger partial charge in [0, 0.05) is 41.1 Å². The van der Waals surface area contributed by atoms with E-state index in [1.165, 1.54) is 0 Å². The minimum absolute atomic E-state index is 0.361. The van der Waals surface area contributed by atoms with E-state index in [9.17, 15) is 10.4 Å². The molecule has 8 heteroatoms. The molecule has 5 aromatic rings. The summed E-state index contributed by atoms with van der Waals surface area (Å²) in [5.41, 5.74) is 1.80. The molecule has 5 rings (SSSR count). The van der Waals surface area contributed by atoms with Crippen LogP contribution in [0, 0.1) is 11.3 Å². The minimum atomic E-state index is -1.50. The first kappa shape index (κ1) is 29.9. The van der Waals surface area contributed by atoms with Crippen LogP contribution in [0.5, 0.6) is 17.5 Å². The fourth-order valence-corrected chi connectivity index (χ4v) is 5.75. The summed E-state index contributed by atoms with van der Waals surface area (Å²) >= 11 is 0. The molecule has 222 valence electrons. The first-order chi connectivity index (χ1) is 20.8. The van der Waals surface area contributed by atoms with Crippen LogP contribution in [-0.4, -0.2) is 56.0 Å². The number of benzene rings is 3. The highest BCUT2D eigenvalue weighted by molar-refractivity contribution is 5.87. The number of aliphatic hydroxyl groups is 1. The Morgan fingerprint density at radius 2 is 1.70 bits per heavy atom. The zero-order chi connectivity index (χ0) is 30.6. The first-order valence-electron chi connectivity index (χ1n) is 14.4. The molecule has 0 unspecified atom stereocenters. The Balaban J connectivity index is 1.88. The van der Waals surface area contributed by atoms with Crippen LogP contribution in [0.2, 0.25) is 0 Å². The molecule has 1 N–H and O–H groups in total. The average molecular weight is 580 g/mol. The smallest absolute Gasteiger partial charge is 0.216 e. The first-order valence-corrected chi connectivity index (χ1v) is 14.4. The zero-order valence-corrected chi connectivity index (χ0v) is 25.3. The van der Waals surface area contributed by atoms with Crippen LogP contribution in [0.3, 0.4) is 0 Å². The lowest BCUT2D eigenvalue weighted by Gasteiger charge is -2.39. The van der Waals surface area contributed by atoms with Crippen LogP contribution >= 0.6 is 0 Å². The Morgan fingerprint density at radius 1 is 0.953 bits per heavy atom. The maximum absolute atomic E-state index is 13.3. The van der Waals surface area contributed by atoms with E-state index in [1.54, 1.807) is 19.4 Å². The number of furan rings is 1. The van der Waals surface area contributed by atoms with E-state index in [1.807, 2.05) is 93.5 Å². The van der Waals surface area contributed by atoms with Gasteiger partial charge in [-0.15, -0.1) is 0 Å². The molecule has 0 aliphatic carbocycles. The predicted molar refractivity (Wildman–Crippen MR) is 167 cm³/mol. The van der Waals surface area contributed by atoms with Gasteiger partial charge in [-0.25, -0.2) is 0 Å². The van der Waals surface area contributed by atoms with Crippen molar-refractivity contribution in [1.82, 2.24) is 9.88 Å². The van der Waals surface area contributed by atoms with Crippen molar-refractivity contribution in [3.63, 3.8) is 0 Å². The molecule has 8 nitrogen and oxygen atoms in total. The van der Waals surface area contributed by atoms with Crippen LogP contribution in [0.25, 0.3) is 21.7 Å². The Morgan fingerprint density at radius 3 is 2.35 bits per heavy atom. The van der Waals surface area contributed by atoms with Gasteiger partial charge in [0.1, 0.15) is 16.9 Å². The summed E-state index contributed by atoms with van der Waals surface area (Å²) in [7, 11) is 5.59. The highest BCUT2D eigenvalue weighted by atomic mass is 16.5. The molecule has 0 bridgehead atoms. The highest BCUT2D eigenvalue weighted by Crippen LogP contribution is 2.50. The van der Waals surface area contributed by atoms with E-state index in [4.69, 9.17) is 18.6 Å². The zero-order valence-electron chi connectivity index (χ0n) is 25.3.